The van der Waals surface area contributed by atoms with Crippen LogP contribution in [-0.2, 0) is 0 Å². The van der Waals surface area contributed by atoms with E-state index in [1.807, 2.05) is 0 Å². The highest BCUT2D eigenvalue weighted by atomic mass is 16.3. The summed E-state index contributed by atoms with van der Waals surface area (Å²) in [6.07, 6.45) is -0.863. The zero-order valence-corrected chi connectivity index (χ0v) is 5.91. The van der Waals surface area contributed by atoms with Crippen LogP contribution in [0.25, 0.3) is 0 Å². The average Bonchev–Trinajstić information content (AvgIpc) is 2.10. The minimum Gasteiger partial charge on any atom is -0.395 e. The van der Waals surface area contributed by atoms with Crippen molar-refractivity contribution in [1.29, 1.82) is 0 Å². The Morgan fingerprint density at radius 3 is 2.50 bits per heavy atom. The molecule has 60 valence electrons. The van der Waals surface area contributed by atoms with E-state index >= 15 is 0 Å². The van der Waals surface area contributed by atoms with E-state index in [0.717, 1.165) is 0 Å². The Bertz CT molecular complexity index is 126. The molecule has 0 spiro atoms. The molecule has 0 saturated carbocycles. The van der Waals surface area contributed by atoms with Crippen LogP contribution in [0.5, 0.6) is 0 Å². The highest BCUT2D eigenvalue weighted by Crippen LogP contribution is 2.18. The molecule has 4 N–H and O–H groups in total. The monoisotopic (exact) mass is 147 g/mol. The van der Waals surface area contributed by atoms with Crippen molar-refractivity contribution >= 4 is 0 Å². The third kappa shape index (κ3) is 1.15. The van der Waals surface area contributed by atoms with E-state index in [9.17, 15) is 10.2 Å². The Hall–Kier alpha value is -0.160. The summed E-state index contributed by atoms with van der Waals surface area (Å²) in [5, 5.41) is 30.0. The van der Waals surface area contributed by atoms with Crippen molar-refractivity contribution in [3.63, 3.8) is 0 Å². The predicted octanol–water partition coefficient (Wildman–Crippen LogP) is -1.94. The second kappa shape index (κ2) is 2.47. The Labute approximate surface area is 59.5 Å². The number of nitrogens with one attached hydrogen (secondary N) is 1. The molecule has 0 unspecified atom stereocenters. The van der Waals surface area contributed by atoms with Gasteiger partial charge >= 0.3 is 0 Å². The Morgan fingerprint density at radius 1 is 1.70 bits per heavy atom. The summed E-state index contributed by atoms with van der Waals surface area (Å²) in [5.41, 5.74) is -1.09. The quantitative estimate of drug-likeness (QED) is 0.348. The second-order valence-electron chi connectivity index (χ2n) is 2.97. The topological polar surface area (TPSA) is 72.7 Å². The summed E-state index contributed by atoms with van der Waals surface area (Å²) in [6.45, 7) is 1.73. The highest BCUT2D eigenvalue weighted by molar-refractivity contribution is 4.99. The first-order valence-corrected chi connectivity index (χ1v) is 3.32. The van der Waals surface area contributed by atoms with Gasteiger partial charge in [-0.05, 0) is 6.92 Å². The molecule has 0 aromatic rings. The van der Waals surface area contributed by atoms with Crippen LogP contribution < -0.4 is 5.32 Å². The Balaban J connectivity index is 2.58. The van der Waals surface area contributed by atoms with Gasteiger partial charge in [-0.15, -0.1) is 0 Å². The fourth-order valence-electron chi connectivity index (χ4n) is 1.15. The molecule has 0 aromatic carbocycles. The lowest BCUT2D eigenvalue weighted by atomic mass is 10.00. The van der Waals surface area contributed by atoms with Crippen LogP contribution in [-0.4, -0.2) is 46.2 Å². The summed E-state index contributed by atoms with van der Waals surface area (Å²) in [6, 6.07) is -0.380. The molecule has 1 saturated heterocycles. The zero-order chi connectivity index (χ0) is 7.78. The molecule has 0 amide bonds. The van der Waals surface area contributed by atoms with Gasteiger partial charge in [-0.1, -0.05) is 0 Å². The van der Waals surface area contributed by atoms with Gasteiger partial charge in [-0.3, -0.25) is 0 Å². The molecular formula is C6H13NO3. The third-order valence-corrected chi connectivity index (χ3v) is 1.94. The van der Waals surface area contributed by atoms with Crippen molar-refractivity contribution in [2.75, 3.05) is 13.2 Å². The van der Waals surface area contributed by atoms with Crippen LogP contribution in [0.4, 0.5) is 0 Å². The lowest BCUT2D eigenvalue weighted by Crippen LogP contribution is -2.42. The summed E-state index contributed by atoms with van der Waals surface area (Å²) in [4.78, 5) is 0. The maximum absolute atomic E-state index is 9.34. The molecule has 3 atom stereocenters. The van der Waals surface area contributed by atoms with E-state index in [1.54, 1.807) is 6.92 Å². The van der Waals surface area contributed by atoms with E-state index in [1.165, 1.54) is 0 Å². The average molecular weight is 147 g/mol. The molecule has 0 bridgehead atoms. The molecule has 1 aliphatic rings. The molecule has 0 aromatic heterocycles. The molecule has 1 rings (SSSR count). The fourth-order valence-corrected chi connectivity index (χ4v) is 1.15. The largest absolute Gasteiger partial charge is 0.395 e. The molecule has 0 aliphatic carbocycles. The van der Waals surface area contributed by atoms with Crippen molar-refractivity contribution < 1.29 is 15.3 Å². The van der Waals surface area contributed by atoms with Crippen molar-refractivity contribution in [2.24, 2.45) is 0 Å². The van der Waals surface area contributed by atoms with E-state index in [-0.39, 0.29) is 12.6 Å². The summed E-state index contributed by atoms with van der Waals surface area (Å²) in [5.74, 6) is 0. The van der Waals surface area contributed by atoms with Gasteiger partial charge in [0.05, 0.1) is 12.6 Å². The van der Waals surface area contributed by atoms with E-state index in [4.69, 9.17) is 5.11 Å². The summed E-state index contributed by atoms with van der Waals surface area (Å²) in [7, 11) is 0. The first kappa shape index (κ1) is 7.94. The standard InChI is InChI=1S/C6H13NO3/c1-6(10)3-7-4(2-8)5(6)9/h4-5,7-10H,2-3H2,1H3/t4-,5+,6+/m1/s1. The maximum Gasteiger partial charge on any atom is 0.102 e. The van der Waals surface area contributed by atoms with Crippen molar-refractivity contribution in [2.45, 2.75) is 24.7 Å². The van der Waals surface area contributed by atoms with Crippen LogP contribution in [0.3, 0.4) is 0 Å². The van der Waals surface area contributed by atoms with Gasteiger partial charge in [0.1, 0.15) is 11.7 Å². The SMILES string of the molecule is C[C@]1(O)CN[C@H](CO)[C@@H]1O. The van der Waals surface area contributed by atoms with Crippen molar-refractivity contribution in [3.05, 3.63) is 0 Å². The van der Waals surface area contributed by atoms with Gasteiger partial charge < -0.3 is 20.6 Å². The Kier molecular flexibility index (Phi) is 1.96. The van der Waals surface area contributed by atoms with Crippen LogP contribution in [0.1, 0.15) is 6.92 Å². The minimum absolute atomic E-state index is 0.142. The number of β-amino-alcohol motifs (C(OH)–C–C–N with tert-alkyl or cyclic N) is 1. The molecule has 1 heterocycles. The normalized spacial score (nSPS) is 48.0. The van der Waals surface area contributed by atoms with Gasteiger partial charge in [0.15, 0.2) is 0 Å². The molecule has 0 radical (unpaired) electrons. The molecular weight excluding hydrogens is 134 g/mol. The van der Waals surface area contributed by atoms with Gasteiger partial charge in [-0.25, -0.2) is 0 Å². The number of aliphatic hydroxyl groups is 3. The smallest absolute Gasteiger partial charge is 0.102 e. The first-order chi connectivity index (χ1) is 4.58. The molecule has 1 aliphatic heterocycles. The van der Waals surface area contributed by atoms with Crippen molar-refractivity contribution in [1.82, 2.24) is 5.32 Å². The van der Waals surface area contributed by atoms with E-state index in [0.29, 0.717) is 6.54 Å². The van der Waals surface area contributed by atoms with Crippen LogP contribution in [0, 0.1) is 0 Å². The number of hydrogen-bond donors (Lipinski definition) is 4. The first-order valence-electron chi connectivity index (χ1n) is 3.32. The van der Waals surface area contributed by atoms with E-state index in [2.05, 4.69) is 5.32 Å². The second-order valence-corrected chi connectivity index (χ2v) is 2.97. The van der Waals surface area contributed by atoms with Gasteiger partial charge in [0, 0.05) is 6.54 Å². The Morgan fingerprint density at radius 2 is 2.30 bits per heavy atom. The minimum atomic E-state index is -1.09. The van der Waals surface area contributed by atoms with E-state index < -0.39 is 11.7 Å². The van der Waals surface area contributed by atoms with Gasteiger partial charge in [0.25, 0.3) is 0 Å². The fraction of sp³-hybridized carbons (Fsp3) is 1.00. The number of hydrogen-bond acceptors (Lipinski definition) is 4. The van der Waals surface area contributed by atoms with Crippen LogP contribution in [0.2, 0.25) is 0 Å². The maximum atomic E-state index is 9.34. The zero-order valence-electron chi connectivity index (χ0n) is 5.91. The molecule has 10 heavy (non-hydrogen) atoms. The lowest BCUT2D eigenvalue weighted by Gasteiger charge is -2.21. The van der Waals surface area contributed by atoms with Crippen LogP contribution >= 0.6 is 0 Å². The predicted molar refractivity (Wildman–Crippen MR) is 35.5 cm³/mol. The summed E-state index contributed by atoms with van der Waals surface area (Å²) >= 11 is 0. The van der Waals surface area contributed by atoms with Crippen molar-refractivity contribution in [3.8, 4) is 0 Å². The summed E-state index contributed by atoms with van der Waals surface area (Å²) < 4.78 is 0. The molecule has 4 heteroatoms. The molecule has 4 nitrogen and oxygen atoms in total. The number of aliphatic hydroxyl groups excluding tert-OH is 2. The van der Waals surface area contributed by atoms with Gasteiger partial charge in [0.2, 0.25) is 0 Å². The van der Waals surface area contributed by atoms with Crippen LogP contribution in [0.15, 0.2) is 0 Å². The number of rotatable bonds is 1. The lowest BCUT2D eigenvalue weighted by molar-refractivity contribution is -0.0411. The van der Waals surface area contributed by atoms with Gasteiger partial charge in [-0.2, -0.15) is 0 Å². The molecule has 1 fully saturated rings. The highest BCUT2D eigenvalue weighted by Gasteiger charge is 2.42. The third-order valence-electron chi connectivity index (χ3n) is 1.94.